The Morgan fingerprint density at radius 3 is 2.26 bits per heavy atom. The molecular weight excluding hydrogens is 410 g/mol. The smallest absolute Gasteiger partial charge is 0.300 e. The van der Waals surface area contributed by atoms with Crippen molar-refractivity contribution in [3.63, 3.8) is 0 Å². The number of carboxylic acid groups (broad SMARTS) is 1. The van der Waals surface area contributed by atoms with Crippen LogP contribution in [0.3, 0.4) is 0 Å². The second-order valence-corrected chi connectivity index (χ2v) is 6.32. The summed E-state index contributed by atoms with van der Waals surface area (Å²) in [6.45, 7) is 2.81. The third kappa shape index (κ3) is 7.76. The summed E-state index contributed by atoms with van der Waals surface area (Å²) in [4.78, 5) is 21.5. The fraction of sp³-hybridized carbons (Fsp3) is 0.286. The Kier molecular flexibility index (Phi) is 10.2. The van der Waals surface area contributed by atoms with Gasteiger partial charge in [-0.2, -0.15) is 0 Å². The summed E-state index contributed by atoms with van der Waals surface area (Å²) in [7, 11) is 0. The normalized spacial score (nSPS) is 11.1. The summed E-state index contributed by atoms with van der Waals surface area (Å²) < 4.78 is 34.1. The van der Waals surface area contributed by atoms with Gasteiger partial charge in [-0.15, -0.1) is 0 Å². The van der Waals surface area contributed by atoms with Gasteiger partial charge in [0.25, 0.3) is 11.9 Å². The Morgan fingerprint density at radius 1 is 1.19 bits per heavy atom. The van der Waals surface area contributed by atoms with Crippen LogP contribution in [0.15, 0.2) is 36.4 Å². The number of benzene rings is 2. The zero-order valence-electron chi connectivity index (χ0n) is 17.2. The first-order chi connectivity index (χ1) is 14.6. The topological polar surface area (TPSA) is 152 Å². The van der Waals surface area contributed by atoms with E-state index in [0.29, 0.717) is 5.56 Å². The lowest BCUT2D eigenvalue weighted by molar-refractivity contribution is -0.134. The molecule has 168 valence electrons. The van der Waals surface area contributed by atoms with E-state index in [2.05, 4.69) is 5.32 Å². The van der Waals surface area contributed by atoms with Gasteiger partial charge in [0.1, 0.15) is 17.5 Å². The molecule has 2 rings (SSSR count). The molecule has 0 fully saturated rings. The van der Waals surface area contributed by atoms with Gasteiger partial charge in [-0.1, -0.05) is 30.3 Å². The number of carboxylic acids is 1. The van der Waals surface area contributed by atoms with Crippen molar-refractivity contribution in [2.75, 3.05) is 6.61 Å². The lowest BCUT2D eigenvalue weighted by Crippen LogP contribution is -2.32. The summed E-state index contributed by atoms with van der Waals surface area (Å²) in [5.41, 5.74) is 11.8. The summed E-state index contributed by atoms with van der Waals surface area (Å²) in [5.74, 6) is -3.31. The van der Waals surface area contributed by atoms with E-state index in [1.807, 2.05) is 0 Å². The molecule has 0 spiro atoms. The molecule has 0 bridgehead atoms. The van der Waals surface area contributed by atoms with Crippen molar-refractivity contribution in [1.29, 1.82) is 5.41 Å². The predicted octanol–water partition coefficient (Wildman–Crippen LogP) is 2.19. The molecule has 0 saturated heterocycles. The summed E-state index contributed by atoms with van der Waals surface area (Å²) in [6, 6.07) is 9.00. The van der Waals surface area contributed by atoms with Gasteiger partial charge in [0.2, 0.25) is 0 Å². The standard InChI is InChI=1S/C19H22F2N4O2.C2H4O2/c1-2-27-17(15-14(20)8-7-13(9-22)16(15)21)19(26)25-10-11-3-5-12(6-4-11)18(23)24;1-2(3)4/h3-8,17H,2,9-10,22H2,1H3,(H3,23,24)(H,25,26);1H3,(H,3,4). The van der Waals surface area contributed by atoms with Gasteiger partial charge in [-0.3, -0.25) is 15.0 Å². The molecule has 0 aliphatic rings. The Labute approximate surface area is 178 Å². The molecule has 0 aromatic heterocycles. The van der Waals surface area contributed by atoms with E-state index in [0.717, 1.165) is 18.6 Å². The summed E-state index contributed by atoms with van der Waals surface area (Å²) in [6.07, 6.45) is -1.43. The van der Waals surface area contributed by atoms with Gasteiger partial charge < -0.3 is 26.6 Å². The van der Waals surface area contributed by atoms with Crippen LogP contribution in [0.1, 0.15) is 42.2 Å². The molecule has 0 heterocycles. The van der Waals surface area contributed by atoms with Crippen molar-refractivity contribution in [1.82, 2.24) is 5.32 Å². The number of rotatable bonds is 8. The first-order valence-electron chi connectivity index (χ1n) is 9.31. The minimum Gasteiger partial charge on any atom is -0.481 e. The number of amides is 1. The van der Waals surface area contributed by atoms with Crippen LogP contribution in [0.4, 0.5) is 8.78 Å². The largest absolute Gasteiger partial charge is 0.481 e. The van der Waals surface area contributed by atoms with Crippen LogP contribution in [0.5, 0.6) is 0 Å². The van der Waals surface area contributed by atoms with Crippen LogP contribution in [0.25, 0.3) is 0 Å². The van der Waals surface area contributed by atoms with E-state index in [-0.39, 0.29) is 31.1 Å². The Bertz CT molecular complexity index is 916. The number of hydrogen-bond donors (Lipinski definition) is 5. The minimum atomic E-state index is -1.43. The molecule has 2 aromatic rings. The van der Waals surface area contributed by atoms with Gasteiger partial charge in [0, 0.05) is 37.7 Å². The van der Waals surface area contributed by atoms with E-state index >= 15 is 0 Å². The molecule has 1 unspecified atom stereocenters. The fourth-order valence-electron chi connectivity index (χ4n) is 2.55. The molecule has 0 radical (unpaired) electrons. The third-order valence-corrected chi connectivity index (χ3v) is 3.99. The van der Waals surface area contributed by atoms with E-state index in [1.165, 1.54) is 6.07 Å². The van der Waals surface area contributed by atoms with E-state index in [1.54, 1.807) is 31.2 Å². The monoisotopic (exact) mass is 436 g/mol. The Balaban J connectivity index is 0.00000110. The molecule has 0 saturated carbocycles. The average molecular weight is 436 g/mol. The molecule has 31 heavy (non-hydrogen) atoms. The van der Waals surface area contributed by atoms with Gasteiger partial charge in [0.05, 0.1) is 5.56 Å². The number of amidine groups is 1. The van der Waals surface area contributed by atoms with Crippen molar-refractivity contribution in [3.8, 4) is 0 Å². The van der Waals surface area contributed by atoms with Crippen molar-refractivity contribution >= 4 is 17.7 Å². The number of ether oxygens (including phenoxy) is 1. The first kappa shape index (κ1) is 25.7. The van der Waals surface area contributed by atoms with Gasteiger partial charge >= 0.3 is 0 Å². The predicted molar refractivity (Wildman–Crippen MR) is 111 cm³/mol. The molecule has 8 nitrogen and oxygen atoms in total. The van der Waals surface area contributed by atoms with Gasteiger partial charge in [-0.05, 0) is 18.6 Å². The maximum absolute atomic E-state index is 14.5. The van der Waals surface area contributed by atoms with Crippen molar-refractivity contribution in [2.24, 2.45) is 11.5 Å². The second-order valence-electron chi connectivity index (χ2n) is 6.32. The maximum Gasteiger partial charge on any atom is 0.300 e. The number of aliphatic carboxylic acids is 1. The van der Waals surface area contributed by atoms with E-state index < -0.39 is 35.2 Å². The summed E-state index contributed by atoms with van der Waals surface area (Å²) >= 11 is 0. The molecular formula is C21H26F2N4O4. The lowest BCUT2D eigenvalue weighted by Gasteiger charge is -2.19. The van der Waals surface area contributed by atoms with E-state index in [9.17, 15) is 13.6 Å². The highest BCUT2D eigenvalue weighted by Crippen LogP contribution is 2.26. The zero-order valence-corrected chi connectivity index (χ0v) is 17.2. The van der Waals surface area contributed by atoms with Crippen LogP contribution in [0.2, 0.25) is 0 Å². The second kappa shape index (κ2) is 12.4. The van der Waals surface area contributed by atoms with Crippen LogP contribution >= 0.6 is 0 Å². The number of hydrogen-bond acceptors (Lipinski definition) is 5. The highest BCUT2D eigenvalue weighted by molar-refractivity contribution is 5.94. The highest BCUT2D eigenvalue weighted by Gasteiger charge is 2.28. The molecule has 1 atom stereocenters. The number of halogens is 2. The Hall–Kier alpha value is -3.37. The van der Waals surface area contributed by atoms with Gasteiger partial charge in [0.15, 0.2) is 6.10 Å². The van der Waals surface area contributed by atoms with Crippen molar-refractivity contribution < 1.29 is 28.2 Å². The number of carbonyl (C=O) groups excluding carboxylic acids is 1. The Morgan fingerprint density at radius 2 is 1.77 bits per heavy atom. The number of nitrogens with one attached hydrogen (secondary N) is 2. The average Bonchev–Trinajstić information content (AvgIpc) is 2.71. The molecule has 2 aromatic carbocycles. The minimum absolute atomic E-state index is 0.0623. The number of nitrogens with two attached hydrogens (primary N) is 2. The first-order valence-corrected chi connectivity index (χ1v) is 9.31. The maximum atomic E-state index is 14.5. The number of carbonyl (C=O) groups is 2. The van der Waals surface area contributed by atoms with Crippen molar-refractivity contribution in [3.05, 3.63) is 70.3 Å². The zero-order chi connectivity index (χ0) is 23.6. The van der Waals surface area contributed by atoms with Crippen LogP contribution in [-0.2, 0) is 27.4 Å². The summed E-state index contributed by atoms with van der Waals surface area (Å²) in [5, 5.41) is 17.4. The van der Waals surface area contributed by atoms with Crippen LogP contribution in [-0.4, -0.2) is 29.4 Å². The van der Waals surface area contributed by atoms with Crippen molar-refractivity contribution in [2.45, 2.75) is 33.0 Å². The van der Waals surface area contributed by atoms with Crippen LogP contribution < -0.4 is 16.8 Å². The lowest BCUT2D eigenvalue weighted by atomic mass is 10.0. The number of nitrogen functional groups attached to an aromatic ring is 1. The fourth-order valence-corrected chi connectivity index (χ4v) is 2.55. The molecule has 0 aliphatic heterocycles. The third-order valence-electron chi connectivity index (χ3n) is 3.99. The van der Waals surface area contributed by atoms with Crippen LogP contribution in [0, 0.1) is 17.0 Å². The molecule has 10 heteroatoms. The SMILES string of the molecule is CC(=O)O.CCOC(C(=O)NCc1ccc(C(=N)N)cc1)c1c(F)ccc(CN)c1F. The molecule has 0 aliphatic carbocycles. The van der Waals surface area contributed by atoms with Gasteiger partial charge in [-0.25, -0.2) is 8.78 Å². The quantitative estimate of drug-likeness (QED) is 0.316. The highest BCUT2D eigenvalue weighted by atomic mass is 19.1. The molecule has 7 N–H and O–H groups in total. The van der Waals surface area contributed by atoms with E-state index in [4.69, 9.17) is 31.5 Å². The molecule has 1 amide bonds.